The van der Waals surface area contributed by atoms with Gasteiger partial charge in [0.1, 0.15) is 30.2 Å². The fourth-order valence-corrected chi connectivity index (χ4v) is 9.31. The topological polar surface area (TPSA) is 379 Å². The number of fused-ring (bicyclic) bond motifs is 1. The molecule has 24 nitrogen and oxygen atoms in total. The number of aliphatic carboxylic acids is 1. The average Bonchev–Trinajstić information content (AvgIpc) is 3.80. The monoisotopic (exact) mass is 1010 g/mol. The normalized spacial score (nSPS) is 20.5. The van der Waals surface area contributed by atoms with Gasteiger partial charge in [-0.2, -0.15) is 0 Å². The summed E-state index contributed by atoms with van der Waals surface area (Å²) in [5.41, 5.74) is 18.1. The van der Waals surface area contributed by atoms with E-state index in [1.54, 1.807) is 22.9 Å². The van der Waals surface area contributed by atoms with Gasteiger partial charge in [-0.3, -0.25) is 52.8 Å². The molecule has 1 aromatic heterocycles. The highest BCUT2D eigenvalue weighted by molar-refractivity contribution is 8.76. The van der Waals surface area contributed by atoms with Crippen LogP contribution in [0.1, 0.15) is 76.0 Å². The van der Waals surface area contributed by atoms with Crippen molar-refractivity contribution in [1.82, 2.24) is 52.2 Å². The molecule has 14 N–H and O–H groups in total. The van der Waals surface area contributed by atoms with Gasteiger partial charge < -0.3 is 59.5 Å². The van der Waals surface area contributed by atoms with Crippen LogP contribution in [-0.4, -0.2) is 141 Å². The van der Waals surface area contributed by atoms with Crippen molar-refractivity contribution >= 4 is 91.5 Å². The van der Waals surface area contributed by atoms with Crippen LogP contribution >= 0.6 is 21.6 Å². The predicted molar refractivity (Wildman–Crippen MR) is 262 cm³/mol. The minimum absolute atomic E-state index is 0.0369. The standard InChI is InChI=1S/C44H62N14O10S2/c1-25(2)32-22-58(57-56-32)17-7-3-4-15-35(59)53-34-24-70-69-23-33(39(45)64)55-42(67)30(18-27-12-8-11-26-10-5-6-13-28(26)27)54-43(68)31(19-38(62)63)52-37(61)21-49-40(65)29(14-9-16-48-44(46)47)51-36(60)20-50-41(34)66/h5-6,8,10-13,22,25,29-31,33-34H,3-4,7,9,14-21,23-24H2,1-2H3,(H2,45,64)(H,49,65)(H,50,66)(H,51,60)(H,52,61)(H,53,59)(H,54,68)(H,55,67)(H,62,63)(H4,46,47,48)/t29-,30+,31-,33+,34+/m0/s1. The first-order chi connectivity index (χ1) is 33.4. The summed E-state index contributed by atoms with van der Waals surface area (Å²) in [6, 6.07) is 5.58. The first-order valence-corrected chi connectivity index (χ1v) is 25.1. The SMILES string of the molecule is CC(C)c1cn(CCCCCC(=O)N[C@@H]2CSSC[C@H](C(N)=O)NC(=O)[C@@H](Cc3cccc4ccccc34)NC(=O)[C@H](CC(=O)O)NC(=O)CNC(=O)[C@H](CCCN=C(N)N)NC(=O)CNC2=O)nn1. The maximum Gasteiger partial charge on any atom is 0.305 e. The highest BCUT2D eigenvalue weighted by atomic mass is 33.1. The number of hydrogen-bond acceptors (Lipinski definition) is 14. The Morgan fingerprint density at radius 1 is 0.800 bits per heavy atom. The van der Waals surface area contributed by atoms with Gasteiger partial charge in [-0.05, 0) is 47.9 Å². The molecule has 1 saturated heterocycles. The third-order valence-corrected chi connectivity index (χ3v) is 13.1. The second kappa shape index (κ2) is 28.5. The predicted octanol–water partition coefficient (Wildman–Crippen LogP) is -1.58. The molecular weight excluding hydrogens is 949 g/mol. The first-order valence-electron chi connectivity index (χ1n) is 22.6. The third kappa shape index (κ3) is 19.2. The van der Waals surface area contributed by atoms with Crippen molar-refractivity contribution in [3.05, 3.63) is 59.9 Å². The number of carbonyl (C=O) groups excluding carboxylic acids is 8. The number of primary amides is 1. The summed E-state index contributed by atoms with van der Waals surface area (Å²) >= 11 is 0. The summed E-state index contributed by atoms with van der Waals surface area (Å²) in [6.07, 6.45) is 2.92. The smallest absolute Gasteiger partial charge is 0.305 e. The fourth-order valence-electron chi connectivity index (χ4n) is 6.97. The first kappa shape index (κ1) is 55.6. The Labute approximate surface area is 411 Å². The van der Waals surface area contributed by atoms with E-state index in [2.05, 4.69) is 52.5 Å². The van der Waals surface area contributed by atoms with E-state index in [4.69, 9.17) is 17.2 Å². The van der Waals surface area contributed by atoms with E-state index in [9.17, 15) is 48.3 Å². The number of aromatic nitrogens is 3. The second-order valence-electron chi connectivity index (χ2n) is 16.7. The van der Waals surface area contributed by atoms with E-state index < -0.39 is 103 Å². The van der Waals surface area contributed by atoms with E-state index in [1.165, 1.54) is 0 Å². The third-order valence-electron chi connectivity index (χ3n) is 10.7. The van der Waals surface area contributed by atoms with Gasteiger partial charge >= 0.3 is 5.97 Å². The van der Waals surface area contributed by atoms with Gasteiger partial charge in [0.25, 0.3) is 0 Å². The lowest BCUT2D eigenvalue weighted by molar-refractivity contribution is -0.141. The summed E-state index contributed by atoms with van der Waals surface area (Å²) in [7, 11) is 2.11. The minimum atomic E-state index is -1.75. The van der Waals surface area contributed by atoms with Crippen LogP contribution in [0.4, 0.5) is 0 Å². The molecule has 0 spiro atoms. The Morgan fingerprint density at radius 2 is 1.47 bits per heavy atom. The lowest BCUT2D eigenvalue weighted by Gasteiger charge is -2.25. The molecule has 0 unspecified atom stereocenters. The highest BCUT2D eigenvalue weighted by Gasteiger charge is 2.32. The Hall–Kier alpha value is -6.96. The van der Waals surface area contributed by atoms with E-state index in [0.29, 0.717) is 24.9 Å². The largest absolute Gasteiger partial charge is 0.481 e. The van der Waals surface area contributed by atoms with Crippen LogP contribution in [0.2, 0.25) is 0 Å². The number of aryl methyl sites for hydroxylation is 1. The summed E-state index contributed by atoms with van der Waals surface area (Å²) in [5.74, 6) is -8.38. The van der Waals surface area contributed by atoms with Crippen LogP contribution in [0.5, 0.6) is 0 Å². The Morgan fingerprint density at radius 3 is 2.16 bits per heavy atom. The number of hydrogen-bond donors (Lipinski definition) is 11. The minimum Gasteiger partial charge on any atom is -0.481 e. The Bertz CT molecular complexity index is 2360. The number of nitrogens with one attached hydrogen (secondary N) is 7. The Kier molecular flexibility index (Phi) is 22.7. The van der Waals surface area contributed by atoms with Gasteiger partial charge in [-0.1, -0.05) is 89.5 Å². The van der Waals surface area contributed by atoms with Crippen molar-refractivity contribution < 1.29 is 48.3 Å². The van der Waals surface area contributed by atoms with Crippen molar-refractivity contribution in [2.45, 2.75) is 108 Å². The molecule has 3 aromatic rings. The van der Waals surface area contributed by atoms with Crippen LogP contribution in [0, 0.1) is 0 Å². The number of aliphatic imine (C=N–C) groups is 1. The zero-order valence-corrected chi connectivity index (χ0v) is 40.6. The van der Waals surface area contributed by atoms with Crippen LogP contribution in [0.15, 0.2) is 53.7 Å². The number of benzene rings is 2. The van der Waals surface area contributed by atoms with Crippen molar-refractivity contribution in [2.24, 2.45) is 22.2 Å². The molecule has 26 heteroatoms. The van der Waals surface area contributed by atoms with Gasteiger partial charge in [0.05, 0.1) is 25.2 Å². The van der Waals surface area contributed by atoms with E-state index in [0.717, 1.165) is 44.5 Å². The lowest BCUT2D eigenvalue weighted by Crippen LogP contribution is -2.58. The van der Waals surface area contributed by atoms with E-state index >= 15 is 0 Å². The summed E-state index contributed by atoms with van der Waals surface area (Å²) in [4.78, 5) is 123. The van der Waals surface area contributed by atoms with Crippen LogP contribution in [0.3, 0.4) is 0 Å². The molecule has 0 aliphatic carbocycles. The number of nitrogens with two attached hydrogens (primary N) is 3. The Balaban J connectivity index is 1.57. The molecule has 2 aromatic carbocycles. The summed E-state index contributed by atoms with van der Waals surface area (Å²) in [5, 5.41) is 37.0. The molecule has 5 atom stereocenters. The molecule has 2 heterocycles. The average molecular weight is 1010 g/mol. The molecule has 4 rings (SSSR count). The van der Waals surface area contributed by atoms with Crippen molar-refractivity contribution in [1.29, 1.82) is 0 Å². The molecule has 0 radical (unpaired) electrons. The maximum absolute atomic E-state index is 14.1. The van der Waals surface area contributed by atoms with Crippen LogP contribution in [0.25, 0.3) is 10.8 Å². The zero-order valence-electron chi connectivity index (χ0n) is 38.9. The van der Waals surface area contributed by atoms with E-state index in [-0.39, 0.29) is 55.6 Å². The molecule has 0 bridgehead atoms. The van der Waals surface area contributed by atoms with Gasteiger partial charge in [0.2, 0.25) is 47.3 Å². The molecule has 1 fully saturated rings. The summed E-state index contributed by atoms with van der Waals surface area (Å²) in [6.45, 7) is 3.30. The molecular formula is C44H62N14O10S2. The van der Waals surface area contributed by atoms with Crippen molar-refractivity contribution in [3.63, 3.8) is 0 Å². The van der Waals surface area contributed by atoms with Gasteiger partial charge in [0, 0.05) is 43.6 Å². The van der Waals surface area contributed by atoms with E-state index in [1.807, 2.05) is 44.3 Å². The van der Waals surface area contributed by atoms with Crippen LogP contribution in [-0.2, 0) is 56.1 Å². The van der Waals surface area contributed by atoms with Crippen LogP contribution < -0.4 is 54.4 Å². The molecule has 1 aliphatic rings. The number of rotatable bonds is 17. The number of carboxylic acids is 1. The van der Waals surface area contributed by atoms with Crippen molar-refractivity contribution in [2.75, 3.05) is 31.1 Å². The maximum atomic E-state index is 14.1. The van der Waals surface area contributed by atoms with Crippen molar-refractivity contribution in [3.8, 4) is 0 Å². The molecule has 8 amide bonds. The van der Waals surface area contributed by atoms with Gasteiger partial charge in [0.15, 0.2) is 5.96 Å². The second-order valence-corrected chi connectivity index (χ2v) is 19.2. The molecule has 1 aliphatic heterocycles. The number of carboxylic acid groups (broad SMARTS) is 1. The number of guanidine groups is 1. The van der Waals surface area contributed by atoms with Gasteiger partial charge in [-0.15, -0.1) is 5.10 Å². The number of unbranched alkanes of at least 4 members (excludes halogenated alkanes) is 2. The quantitative estimate of drug-likeness (QED) is 0.0315. The fraction of sp³-hybridized carbons (Fsp3) is 0.500. The number of amides is 8. The summed E-state index contributed by atoms with van der Waals surface area (Å²) < 4.78 is 1.75. The molecule has 0 saturated carbocycles. The molecule has 70 heavy (non-hydrogen) atoms. The van der Waals surface area contributed by atoms with Gasteiger partial charge in [-0.25, -0.2) is 0 Å². The highest BCUT2D eigenvalue weighted by Crippen LogP contribution is 2.24. The zero-order chi connectivity index (χ0) is 51.2. The number of carbonyl (C=O) groups is 9. The lowest BCUT2D eigenvalue weighted by atomic mass is 9.98. The number of nitrogens with zero attached hydrogens (tertiary/aromatic N) is 4. The molecule has 380 valence electrons.